The first-order valence-electron chi connectivity index (χ1n) is 9.81. The van der Waals surface area contributed by atoms with Crippen molar-refractivity contribution in [2.24, 2.45) is 0 Å². The Balaban J connectivity index is 1.80. The van der Waals surface area contributed by atoms with E-state index in [1.54, 1.807) is 24.5 Å². The molecule has 0 amide bonds. The van der Waals surface area contributed by atoms with Crippen LogP contribution in [0.2, 0.25) is 0 Å². The van der Waals surface area contributed by atoms with Crippen molar-refractivity contribution in [1.82, 2.24) is 20.2 Å². The number of anilines is 2. The van der Waals surface area contributed by atoms with Crippen molar-refractivity contribution >= 4 is 22.4 Å². The molecule has 5 rings (SSSR count). The molecule has 152 valence electrons. The second-order valence-electron chi connectivity index (χ2n) is 7.41. The van der Waals surface area contributed by atoms with Gasteiger partial charge in [0.15, 0.2) is 0 Å². The standard InChI is InChI=1S/C22H21FN6O/c1-13-12-30-9-8-29(13)20-11-17(15-3-2-14(24)10-18(15)23)16-4-6-25-22(21(16)27-20)19-5-7-26-28-19/h2-7,10-11,13H,8-9,12,24H2,1H3,(H,26,28)/t13-/m1/s1. The molecule has 1 aromatic carbocycles. The first kappa shape index (κ1) is 18.5. The minimum Gasteiger partial charge on any atom is -0.399 e. The molecule has 8 heteroatoms. The van der Waals surface area contributed by atoms with E-state index in [4.69, 9.17) is 15.5 Å². The van der Waals surface area contributed by atoms with Crippen LogP contribution in [0.5, 0.6) is 0 Å². The van der Waals surface area contributed by atoms with E-state index < -0.39 is 0 Å². The number of benzene rings is 1. The highest BCUT2D eigenvalue weighted by Crippen LogP contribution is 2.36. The van der Waals surface area contributed by atoms with Crippen LogP contribution in [0, 0.1) is 5.82 Å². The highest BCUT2D eigenvalue weighted by molar-refractivity contribution is 6.01. The molecule has 30 heavy (non-hydrogen) atoms. The largest absolute Gasteiger partial charge is 0.399 e. The van der Waals surface area contributed by atoms with Gasteiger partial charge < -0.3 is 15.4 Å². The zero-order valence-electron chi connectivity index (χ0n) is 16.5. The van der Waals surface area contributed by atoms with Gasteiger partial charge in [-0.3, -0.25) is 10.1 Å². The molecule has 3 N–H and O–H groups in total. The molecule has 0 saturated carbocycles. The summed E-state index contributed by atoms with van der Waals surface area (Å²) in [6.07, 6.45) is 3.38. The van der Waals surface area contributed by atoms with Crippen LogP contribution in [0.1, 0.15) is 6.92 Å². The van der Waals surface area contributed by atoms with Gasteiger partial charge in [0.2, 0.25) is 0 Å². The van der Waals surface area contributed by atoms with Gasteiger partial charge in [0.05, 0.1) is 24.9 Å². The van der Waals surface area contributed by atoms with Crippen molar-refractivity contribution in [3.63, 3.8) is 0 Å². The van der Waals surface area contributed by atoms with Crippen LogP contribution in [-0.2, 0) is 4.74 Å². The van der Waals surface area contributed by atoms with Crippen molar-refractivity contribution < 1.29 is 9.13 Å². The molecule has 1 aliphatic rings. The lowest BCUT2D eigenvalue weighted by Gasteiger charge is -2.34. The maximum atomic E-state index is 14.9. The smallest absolute Gasteiger partial charge is 0.133 e. The molecule has 1 saturated heterocycles. The summed E-state index contributed by atoms with van der Waals surface area (Å²) in [7, 11) is 0. The van der Waals surface area contributed by atoms with Gasteiger partial charge in [0, 0.05) is 35.6 Å². The number of ether oxygens (including phenoxy) is 1. The molecule has 0 unspecified atom stereocenters. The molecule has 1 fully saturated rings. The van der Waals surface area contributed by atoms with E-state index >= 15 is 0 Å². The van der Waals surface area contributed by atoms with Crippen LogP contribution < -0.4 is 10.6 Å². The first-order valence-corrected chi connectivity index (χ1v) is 9.81. The lowest BCUT2D eigenvalue weighted by molar-refractivity contribution is 0.0986. The predicted octanol–water partition coefficient (Wildman–Crippen LogP) is 3.63. The van der Waals surface area contributed by atoms with Crippen molar-refractivity contribution in [3.05, 3.63) is 54.6 Å². The molecule has 7 nitrogen and oxygen atoms in total. The average Bonchev–Trinajstić information content (AvgIpc) is 3.28. The van der Waals surface area contributed by atoms with Crippen molar-refractivity contribution in [1.29, 1.82) is 0 Å². The third kappa shape index (κ3) is 3.15. The summed E-state index contributed by atoms with van der Waals surface area (Å²) in [6, 6.07) is 10.6. The van der Waals surface area contributed by atoms with Crippen LogP contribution in [0.3, 0.4) is 0 Å². The third-order valence-electron chi connectivity index (χ3n) is 5.42. The quantitative estimate of drug-likeness (QED) is 0.507. The number of fused-ring (bicyclic) bond motifs is 1. The molecule has 1 atom stereocenters. The van der Waals surface area contributed by atoms with Gasteiger partial charge in [-0.2, -0.15) is 5.10 Å². The average molecular weight is 404 g/mol. The van der Waals surface area contributed by atoms with Gasteiger partial charge in [-0.05, 0) is 48.9 Å². The maximum Gasteiger partial charge on any atom is 0.133 e. The summed E-state index contributed by atoms with van der Waals surface area (Å²) < 4.78 is 20.5. The Morgan fingerprint density at radius 3 is 2.83 bits per heavy atom. The number of hydrogen-bond donors (Lipinski definition) is 2. The summed E-state index contributed by atoms with van der Waals surface area (Å²) in [5.74, 6) is 0.390. The fraction of sp³-hybridized carbons (Fsp3) is 0.227. The molecule has 0 bridgehead atoms. The molecule has 0 aliphatic carbocycles. The van der Waals surface area contributed by atoms with Crippen LogP contribution in [0.15, 0.2) is 48.8 Å². The summed E-state index contributed by atoms with van der Waals surface area (Å²) in [5.41, 5.74) is 9.49. The van der Waals surface area contributed by atoms with Crippen molar-refractivity contribution in [2.75, 3.05) is 30.4 Å². The Morgan fingerprint density at radius 1 is 1.17 bits per heavy atom. The highest BCUT2D eigenvalue weighted by Gasteiger charge is 2.23. The van der Waals surface area contributed by atoms with E-state index in [0.29, 0.717) is 42.2 Å². The number of morpholine rings is 1. The lowest BCUT2D eigenvalue weighted by atomic mass is 9.99. The molecular weight excluding hydrogens is 383 g/mol. The van der Waals surface area contributed by atoms with E-state index in [-0.39, 0.29) is 11.9 Å². The van der Waals surface area contributed by atoms with Gasteiger partial charge in [0.25, 0.3) is 0 Å². The second-order valence-corrected chi connectivity index (χ2v) is 7.41. The summed E-state index contributed by atoms with van der Waals surface area (Å²) in [5, 5.41) is 7.80. The molecule has 4 heterocycles. The van der Waals surface area contributed by atoms with Gasteiger partial charge in [-0.15, -0.1) is 0 Å². The van der Waals surface area contributed by atoms with E-state index in [1.165, 1.54) is 6.07 Å². The van der Waals surface area contributed by atoms with Crippen molar-refractivity contribution in [3.8, 4) is 22.5 Å². The number of aromatic amines is 1. The number of H-pyrrole nitrogens is 1. The number of hydrogen-bond acceptors (Lipinski definition) is 6. The number of rotatable bonds is 3. The topological polar surface area (TPSA) is 93.0 Å². The number of pyridine rings is 2. The summed E-state index contributed by atoms with van der Waals surface area (Å²) in [6.45, 7) is 4.04. The first-order chi connectivity index (χ1) is 14.6. The van der Waals surface area contributed by atoms with E-state index in [0.717, 1.165) is 22.5 Å². The summed E-state index contributed by atoms with van der Waals surface area (Å²) in [4.78, 5) is 11.7. The fourth-order valence-electron chi connectivity index (χ4n) is 3.91. The molecular formula is C22H21FN6O. The van der Waals surface area contributed by atoms with Gasteiger partial charge in [-0.1, -0.05) is 0 Å². The zero-order chi connectivity index (χ0) is 20.7. The number of nitrogens with two attached hydrogens (primary N) is 1. The van der Waals surface area contributed by atoms with Crippen LogP contribution in [-0.4, -0.2) is 46.0 Å². The SMILES string of the molecule is C[C@@H]1COCCN1c1cc(-c2ccc(N)cc2F)c2ccnc(-c3ccn[nH]3)c2n1. The lowest BCUT2D eigenvalue weighted by Crippen LogP contribution is -2.44. The Bertz CT molecular complexity index is 1210. The van der Waals surface area contributed by atoms with Crippen molar-refractivity contribution in [2.45, 2.75) is 13.0 Å². The van der Waals surface area contributed by atoms with Gasteiger partial charge in [0.1, 0.15) is 22.8 Å². The fourth-order valence-corrected chi connectivity index (χ4v) is 3.91. The highest BCUT2D eigenvalue weighted by atomic mass is 19.1. The van der Waals surface area contributed by atoms with Gasteiger partial charge >= 0.3 is 0 Å². The minimum absolute atomic E-state index is 0.153. The molecule has 4 aromatic rings. The molecule has 0 spiro atoms. The van der Waals surface area contributed by atoms with E-state index in [9.17, 15) is 4.39 Å². The van der Waals surface area contributed by atoms with Crippen LogP contribution in [0.4, 0.5) is 15.9 Å². The Morgan fingerprint density at radius 2 is 2.07 bits per heavy atom. The monoisotopic (exact) mass is 404 g/mol. The van der Waals surface area contributed by atoms with Gasteiger partial charge in [-0.25, -0.2) is 9.37 Å². The number of halogens is 1. The number of nitrogen functional groups attached to an aromatic ring is 1. The minimum atomic E-state index is -0.372. The zero-order valence-corrected chi connectivity index (χ0v) is 16.5. The van der Waals surface area contributed by atoms with Crippen LogP contribution >= 0.6 is 0 Å². The van der Waals surface area contributed by atoms with Crippen LogP contribution in [0.25, 0.3) is 33.4 Å². The maximum absolute atomic E-state index is 14.9. The molecule has 3 aromatic heterocycles. The Hall–Kier alpha value is -3.52. The summed E-state index contributed by atoms with van der Waals surface area (Å²) >= 11 is 0. The number of nitrogens with zero attached hydrogens (tertiary/aromatic N) is 4. The van der Waals surface area contributed by atoms with E-state index in [1.807, 2.05) is 18.2 Å². The molecule has 1 aliphatic heterocycles. The Labute approximate surface area is 172 Å². The molecule has 0 radical (unpaired) electrons. The normalized spacial score (nSPS) is 16.9. The second kappa shape index (κ2) is 7.38. The predicted molar refractivity (Wildman–Crippen MR) is 115 cm³/mol. The third-order valence-corrected chi connectivity index (χ3v) is 5.42. The Kier molecular flexibility index (Phi) is 4.55. The number of nitrogens with one attached hydrogen (secondary N) is 1. The number of aromatic nitrogens is 4. The van der Waals surface area contributed by atoms with E-state index in [2.05, 4.69) is 27.0 Å².